The third-order valence-corrected chi connectivity index (χ3v) is 4.94. The van der Waals surface area contributed by atoms with Crippen LogP contribution < -0.4 is 10.6 Å². The number of halogens is 2. The van der Waals surface area contributed by atoms with E-state index in [0.717, 1.165) is 11.1 Å². The van der Waals surface area contributed by atoms with E-state index in [2.05, 4.69) is 10.6 Å². The summed E-state index contributed by atoms with van der Waals surface area (Å²) in [6.45, 7) is 2.35. The van der Waals surface area contributed by atoms with Gasteiger partial charge in [-0.3, -0.25) is 9.59 Å². The van der Waals surface area contributed by atoms with Gasteiger partial charge in [0.1, 0.15) is 5.82 Å². The van der Waals surface area contributed by atoms with Crippen LogP contribution in [0.2, 0.25) is 5.02 Å². The molecule has 4 nitrogen and oxygen atoms in total. The Kier molecular flexibility index (Phi) is 5.57. The van der Waals surface area contributed by atoms with Crippen LogP contribution in [-0.2, 0) is 16.0 Å². The third-order valence-electron chi connectivity index (χ3n) is 4.53. The van der Waals surface area contributed by atoms with Crippen molar-refractivity contribution in [2.24, 2.45) is 11.8 Å². The molecule has 136 valence electrons. The van der Waals surface area contributed by atoms with Crippen molar-refractivity contribution >= 4 is 29.1 Å². The zero-order valence-electron chi connectivity index (χ0n) is 14.4. The highest BCUT2D eigenvalue weighted by Crippen LogP contribution is 2.39. The summed E-state index contributed by atoms with van der Waals surface area (Å²) in [5, 5.41) is 6.24. The fourth-order valence-electron chi connectivity index (χ4n) is 2.79. The first-order valence-corrected chi connectivity index (χ1v) is 8.91. The minimum atomic E-state index is -0.305. The number of anilines is 1. The molecule has 0 bridgehead atoms. The summed E-state index contributed by atoms with van der Waals surface area (Å²) in [7, 11) is 0. The average Bonchev–Trinajstić information content (AvgIpc) is 3.41. The van der Waals surface area contributed by atoms with Gasteiger partial charge in [0.15, 0.2) is 0 Å². The van der Waals surface area contributed by atoms with Crippen molar-refractivity contribution in [2.45, 2.75) is 19.8 Å². The van der Waals surface area contributed by atoms with Crippen molar-refractivity contribution in [3.8, 4) is 0 Å². The minimum Gasteiger partial charge on any atom is -0.356 e. The summed E-state index contributed by atoms with van der Waals surface area (Å²) in [6, 6.07) is 11.5. The van der Waals surface area contributed by atoms with Crippen LogP contribution in [0.4, 0.5) is 10.1 Å². The number of carbonyl (C=O) groups excluding carboxylic acids is 2. The molecule has 1 aliphatic carbocycles. The topological polar surface area (TPSA) is 58.2 Å². The predicted octanol–water partition coefficient (Wildman–Crippen LogP) is 3.72. The lowest BCUT2D eigenvalue weighted by Gasteiger charge is -2.07. The van der Waals surface area contributed by atoms with Crippen molar-refractivity contribution < 1.29 is 14.0 Å². The van der Waals surface area contributed by atoms with E-state index in [4.69, 9.17) is 11.6 Å². The number of nitrogens with one attached hydrogen (secondary N) is 2. The van der Waals surface area contributed by atoms with Crippen LogP contribution in [0, 0.1) is 24.6 Å². The molecule has 3 rings (SSSR count). The molecule has 6 heteroatoms. The largest absolute Gasteiger partial charge is 0.356 e. The lowest BCUT2D eigenvalue weighted by Crippen LogP contribution is -2.29. The quantitative estimate of drug-likeness (QED) is 0.809. The van der Waals surface area contributed by atoms with Gasteiger partial charge in [0.05, 0.1) is 11.8 Å². The fourth-order valence-corrected chi connectivity index (χ4v) is 2.97. The van der Waals surface area contributed by atoms with Crippen LogP contribution in [0.15, 0.2) is 42.5 Å². The standard InChI is InChI=1S/C20H20ClFN2O2/c1-12-2-7-15(10-18(12)21)24-20(26)17-11-16(17)19(25)23-9-8-13-3-5-14(22)6-4-13/h2-7,10,16-17H,8-9,11H2,1H3,(H,23,25)(H,24,26). The van der Waals surface area contributed by atoms with E-state index >= 15 is 0 Å². The molecule has 2 aromatic carbocycles. The molecule has 2 aromatic rings. The maximum absolute atomic E-state index is 12.9. The lowest BCUT2D eigenvalue weighted by atomic mass is 10.1. The highest BCUT2D eigenvalue weighted by Gasteiger charge is 2.47. The second-order valence-electron chi connectivity index (χ2n) is 6.57. The zero-order chi connectivity index (χ0) is 18.7. The van der Waals surface area contributed by atoms with Crippen LogP contribution in [-0.4, -0.2) is 18.4 Å². The number of amides is 2. The van der Waals surface area contributed by atoms with E-state index in [1.54, 1.807) is 24.3 Å². The molecule has 0 heterocycles. The Morgan fingerprint density at radius 3 is 2.50 bits per heavy atom. The van der Waals surface area contributed by atoms with Crippen LogP contribution in [0.3, 0.4) is 0 Å². The van der Waals surface area contributed by atoms with Crippen molar-refractivity contribution in [2.75, 3.05) is 11.9 Å². The molecule has 1 saturated carbocycles. The van der Waals surface area contributed by atoms with Crippen LogP contribution in [0.5, 0.6) is 0 Å². The van der Waals surface area contributed by atoms with E-state index in [1.165, 1.54) is 12.1 Å². The Labute approximate surface area is 156 Å². The zero-order valence-corrected chi connectivity index (χ0v) is 15.1. The molecule has 2 amide bonds. The maximum atomic E-state index is 12.9. The Morgan fingerprint density at radius 1 is 1.12 bits per heavy atom. The molecule has 1 aliphatic rings. The SMILES string of the molecule is Cc1ccc(NC(=O)C2CC2C(=O)NCCc2ccc(F)cc2)cc1Cl. The average molecular weight is 375 g/mol. The molecule has 1 fully saturated rings. The Morgan fingerprint density at radius 2 is 1.81 bits per heavy atom. The number of carbonyl (C=O) groups is 2. The monoisotopic (exact) mass is 374 g/mol. The molecule has 0 aliphatic heterocycles. The molecule has 2 atom stereocenters. The Hall–Kier alpha value is -2.40. The molecule has 0 spiro atoms. The summed E-state index contributed by atoms with van der Waals surface area (Å²) in [5.41, 5.74) is 2.52. The lowest BCUT2D eigenvalue weighted by molar-refractivity contribution is -0.125. The van der Waals surface area contributed by atoms with Gasteiger partial charge in [-0.25, -0.2) is 4.39 Å². The van der Waals surface area contributed by atoms with Crippen LogP contribution in [0.1, 0.15) is 17.5 Å². The Balaban J connectivity index is 1.43. The second-order valence-corrected chi connectivity index (χ2v) is 6.98. The number of hydrogen-bond acceptors (Lipinski definition) is 2. The van der Waals surface area contributed by atoms with Crippen molar-refractivity contribution in [3.63, 3.8) is 0 Å². The normalized spacial score (nSPS) is 18.3. The first-order valence-electron chi connectivity index (χ1n) is 8.53. The van der Waals surface area contributed by atoms with Gasteiger partial charge in [0, 0.05) is 17.3 Å². The number of aryl methyl sites for hydroxylation is 1. The summed E-state index contributed by atoms with van der Waals surface area (Å²) < 4.78 is 12.9. The van der Waals surface area contributed by atoms with E-state index in [-0.39, 0.29) is 29.5 Å². The van der Waals surface area contributed by atoms with Gasteiger partial charge in [0.25, 0.3) is 0 Å². The van der Waals surface area contributed by atoms with Crippen molar-refractivity contribution in [1.29, 1.82) is 0 Å². The molecule has 0 aromatic heterocycles. The summed E-state index contributed by atoms with van der Waals surface area (Å²) in [4.78, 5) is 24.4. The molecular formula is C20H20ClFN2O2. The van der Waals surface area contributed by atoms with Gasteiger partial charge >= 0.3 is 0 Å². The Bertz CT molecular complexity index is 823. The first kappa shape index (κ1) is 18.4. The van der Waals surface area contributed by atoms with Crippen LogP contribution in [0.25, 0.3) is 0 Å². The van der Waals surface area contributed by atoms with Gasteiger partial charge in [0.2, 0.25) is 11.8 Å². The van der Waals surface area contributed by atoms with Crippen LogP contribution >= 0.6 is 11.6 Å². The van der Waals surface area contributed by atoms with Gasteiger partial charge in [-0.1, -0.05) is 29.8 Å². The molecule has 2 unspecified atom stereocenters. The number of hydrogen-bond donors (Lipinski definition) is 2. The molecule has 0 radical (unpaired) electrons. The van der Waals surface area contributed by atoms with E-state index in [0.29, 0.717) is 30.1 Å². The highest BCUT2D eigenvalue weighted by atomic mass is 35.5. The van der Waals surface area contributed by atoms with E-state index < -0.39 is 0 Å². The van der Waals surface area contributed by atoms with Gasteiger partial charge < -0.3 is 10.6 Å². The highest BCUT2D eigenvalue weighted by molar-refractivity contribution is 6.31. The number of benzene rings is 2. The minimum absolute atomic E-state index is 0.116. The second kappa shape index (κ2) is 7.87. The van der Waals surface area contributed by atoms with E-state index in [1.807, 2.05) is 13.0 Å². The third kappa shape index (κ3) is 4.61. The summed E-state index contributed by atoms with van der Waals surface area (Å²) in [5.74, 6) is -1.15. The maximum Gasteiger partial charge on any atom is 0.228 e. The first-order chi connectivity index (χ1) is 12.4. The molecular weight excluding hydrogens is 355 g/mol. The van der Waals surface area contributed by atoms with Gasteiger partial charge in [-0.2, -0.15) is 0 Å². The molecule has 26 heavy (non-hydrogen) atoms. The molecule has 2 N–H and O–H groups in total. The van der Waals surface area contributed by atoms with Gasteiger partial charge in [-0.05, 0) is 55.2 Å². The summed E-state index contributed by atoms with van der Waals surface area (Å²) >= 11 is 6.05. The number of rotatable bonds is 6. The van der Waals surface area contributed by atoms with Crippen molar-refractivity contribution in [3.05, 3.63) is 64.4 Å². The molecule has 0 saturated heterocycles. The van der Waals surface area contributed by atoms with Crippen molar-refractivity contribution in [1.82, 2.24) is 5.32 Å². The predicted molar refractivity (Wildman–Crippen MR) is 99.5 cm³/mol. The summed E-state index contributed by atoms with van der Waals surface area (Å²) in [6.07, 6.45) is 1.17. The van der Waals surface area contributed by atoms with E-state index in [9.17, 15) is 14.0 Å². The van der Waals surface area contributed by atoms with Gasteiger partial charge in [-0.15, -0.1) is 0 Å². The smallest absolute Gasteiger partial charge is 0.228 e. The fraction of sp³-hybridized carbons (Fsp3) is 0.300.